The summed E-state index contributed by atoms with van der Waals surface area (Å²) in [6.45, 7) is 4.45. The molecule has 0 aliphatic carbocycles. The average Bonchev–Trinajstić information content (AvgIpc) is 2.56. The first kappa shape index (κ1) is 12.7. The molecule has 0 radical (unpaired) electrons. The second-order valence-electron chi connectivity index (χ2n) is 4.77. The van der Waals surface area contributed by atoms with Gasteiger partial charge in [-0.3, -0.25) is 9.59 Å². The van der Waals surface area contributed by atoms with Crippen LogP contribution in [0.4, 0.5) is 10.1 Å². The zero-order chi connectivity index (χ0) is 13.3. The summed E-state index contributed by atoms with van der Waals surface area (Å²) in [4.78, 5) is 24.9. The zero-order valence-corrected chi connectivity index (χ0v) is 10.6. The van der Waals surface area contributed by atoms with Crippen LogP contribution < -0.4 is 4.90 Å². The van der Waals surface area contributed by atoms with E-state index in [2.05, 4.69) is 6.92 Å². The lowest BCUT2D eigenvalue weighted by Gasteiger charge is -2.21. The van der Waals surface area contributed by atoms with E-state index in [9.17, 15) is 14.0 Å². The van der Waals surface area contributed by atoms with Crippen molar-refractivity contribution in [2.75, 3.05) is 11.4 Å². The highest BCUT2D eigenvalue weighted by Gasteiger charge is 2.38. The first-order valence-electron chi connectivity index (χ1n) is 6.21. The summed E-state index contributed by atoms with van der Waals surface area (Å²) in [6, 6.07) is 4.24. The topological polar surface area (TPSA) is 37.4 Å². The molecule has 18 heavy (non-hydrogen) atoms. The van der Waals surface area contributed by atoms with Crippen molar-refractivity contribution in [3.05, 3.63) is 29.6 Å². The van der Waals surface area contributed by atoms with E-state index in [1.807, 2.05) is 6.92 Å². The molecule has 0 fully saturated rings. The molecule has 1 heterocycles. The van der Waals surface area contributed by atoms with Gasteiger partial charge in [0.15, 0.2) is 0 Å². The predicted molar refractivity (Wildman–Crippen MR) is 67.2 cm³/mol. The van der Waals surface area contributed by atoms with Gasteiger partial charge in [0.25, 0.3) is 11.7 Å². The van der Waals surface area contributed by atoms with Crippen molar-refractivity contribution in [2.24, 2.45) is 5.92 Å². The largest absolute Gasteiger partial charge is 0.302 e. The van der Waals surface area contributed by atoms with E-state index in [1.165, 1.54) is 23.1 Å². The highest BCUT2D eigenvalue weighted by molar-refractivity contribution is 6.52. The van der Waals surface area contributed by atoms with E-state index in [-0.39, 0.29) is 17.2 Å². The van der Waals surface area contributed by atoms with Crippen LogP contribution in [0.5, 0.6) is 0 Å². The standard InChI is InChI=1S/C14H16FNO2/c1-3-5-9(2)8-16-12-10(13(17)14(16)18)6-4-7-11(12)15/h4,6-7,9H,3,5,8H2,1-2H3. The quantitative estimate of drug-likeness (QED) is 0.769. The van der Waals surface area contributed by atoms with Crippen LogP contribution >= 0.6 is 0 Å². The molecule has 1 amide bonds. The molecular formula is C14H16FNO2. The number of rotatable bonds is 4. The third kappa shape index (κ3) is 2.03. The molecular weight excluding hydrogens is 233 g/mol. The summed E-state index contributed by atoms with van der Waals surface area (Å²) in [5.74, 6) is -1.47. The molecule has 96 valence electrons. The third-order valence-corrected chi connectivity index (χ3v) is 3.22. The molecule has 0 saturated carbocycles. The predicted octanol–water partition coefficient (Wildman–Crippen LogP) is 2.79. The van der Waals surface area contributed by atoms with Crippen molar-refractivity contribution in [3.8, 4) is 0 Å². The number of carbonyl (C=O) groups is 2. The zero-order valence-electron chi connectivity index (χ0n) is 10.6. The van der Waals surface area contributed by atoms with Crippen LogP contribution in [0.25, 0.3) is 0 Å². The molecule has 0 spiro atoms. The number of anilines is 1. The van der Waals surface area contributed by atoms with Crippen LogP contribution in [0, 0.1) is 11.7 Å². The molecule has 1 atom stereocenters. The molecule has 0 bridgehead atoms. The van der Waals surface area contributed by atoms with Crippen LogP contribution in [0.2, 0.25) is 0 Å². The second-order valence-corrected chi connectivity index (χ2v) is 4.77. The van der Waals surface area contributed by atoms with Crippen molar-refractivity contribution in [1.82, 2.24) is 0 Å². The van der Waals surface area contributed by atoms with Gasteiger partial charge in [0, 0.05) is 6.54 Å². The molecule has 1 aromatic carbocycles. The molecule has 1 aliphatic heterocycles. The minimum Gasteiger partial charge on any atom is -0.302 e. The maximum Gasteiger partial charge on any atom is 0.299 e. The number of benzene rings is 1. The van der Waals surface area contributed by atoms with Crippen molar-refractivity contribution in [2.45, 2.75) is 26.7 Å². The second kappa shape index (κ2) is 4.88. The van der Waals surface area contributed by atoms with Gasteiger partial charge < -0.3 is 4.90 Å². The van der Waals surface area contributed by atoms with Crippen molar-refractivity contribution < 1.29 is 14.0 Å². The Labute approximate surface area is 106 Å². The monoisotopic (exact) mass is 249 g/mol. The fourth-order valence-corrected chi connectivity index (χ4v) is 2.38. The summed E-state index contributed by atoms with van der Waals surface area (Å²) < 4.78 is 13.8. The Bertz CT molecular complexity index is 499. The van der Waals surface area contributed by atoms with Gasteiger partial charge in [0.05, 0.1) is 11.3 Å². The Morgan fingerprint density at radius 2 is 2.06 bits per heavy atom. The Morgan fingerprint density at radius 3 is 2.72 bits per heavy atom. The molecule has 3 nitrogen and oxygen atoms in total. The normalized spacial score (nSPS) is 16.1. The summed E-state index contributed by atoms with van der Waals surface area (Å²) in [5, 5.41) is 0. The van der Waals surface area contributed by atoms with Gasteiger partial charge in [-0.1, -0.05) is 26.3 Å². The number of carbonyl (C=O) groups excluding carboxylic acids is 2. The van der Waals surface area contributed by atoms with Crippen LogP contribution in [-0.2, 0) is 4.79 Å². The average molecular weight is 249 g/mol. The maximum absolute atomic E-state index is 13.8. The first-order chi connectivity index (χ1) is 8.56. The minimum atomic E-state index is -0.613. The Hall–Kier alpha value is -1.71. The highest BCUT2D eigenvalue weighted by atomic mass is 19.1. The number of hydrogen-bond acceptors (Lipinski definition) is 2. The van der Waals surface area contributed by atoms with Gasteiger partial charge in [0.1, 0.15) is 5.82 Å². The van der Waals surface area contributed by atoms with E-state index in [1.54, 1.807) is 0 Å². The van der Waals surface area contributed by atoms with E-state index in [0.717, 1.165) is 12.8 Å². The van der Waals surface area contributed by atoms with Crippen LogP contribution in [0.15, 0.2) is 18.2 Å². The van der Waals surface area contributed by atoms with Gasteiger partial charge in [-0.15, -0.1) is 0 Å². The molecule has 1 aliphatic rings. The van der Waals surface area contributed by atoms with E-state index >= 15 is 0 Å². The van der Waals surface area contributed by atoms with Gasteiger partial charge in [-0.05, 0) is 24.5 Å². The SMILES string of the molecule is CCCC(C)CN1C(=O)C(=O)c2cccc(F)c21. The van der Waals surface area contributed by atoms with Gasteiger partial charge in [-0.25, -0.2) is 4.39 Å². The molecule has 1 unspecified atom stereocenters. The lowest BCUT2D eigenvalue weighted by molar-refractivity contribution is -0.114. The van der Waals surface area contributed by atoms with Gasteiger partial charge in [-0.2, -0.15) is 0 Å². The van der Waals surface area contributed by atoms with Gasteiger partial charge in [0.2, 0.25) is 0 Å². The van der Waals surface area contributed by atoms with Crippen LogP contribution in [0.3, 0.4) is 0 Å². The lowest BCUT2D eigenvalue weighted by atomic mass is 10.1. The Balaban J connectivity index is 2.33. The summed E-state index contributed by atoms with van der Waals surface area (Å²) in [7, 11) is 0. The summed E-state index contributed by atoms with van der Waals surface area (Å²) in [5.41, 5.74) is 0.333. The van der Waals surface area contributed by atoms with Crippen LogP contribution in [0.1, 0.15) is 37.0 Å². The molecule has 1 aromatic rings. The van der Waals surface area contributed by atoms with Gasteiger partial charge >= 0.3 is 0 Å². The Morgan fingerprint density at radius 1 is 1.33 bits per heavy atom. The summed E-state index contributed by atoms with van der Waals surface area (Å²) >= 11 is 0. The number of amides is 1. The minimum absolute atomic E-state index is 0.149. The number of fused-ring (bicyclic) bond motifs is 1. The Kier molecular flexibility index (Phi) is 3.45. The lowest BCUT2D eigenvalue weighted by Crippen LogP contribution is -2.34. The molecule has 0 aromatic heterocycles. The van der Waals surface area contributed by atoms with Crippen molar-refractivity contribution in [1.29, 1.82) is 0 Å². The fourth-order valence-electron chi connectivity index (χ4n) is 2.38. The number of para-hydroxylation sites is 1. The number of nitrogens with zero attached hydrogens (tertiary/aromatic N) is 1. The van der Waals surface area contributed by atoms with Crippen molar-refractivity contribution >= 4 is 17.4 Å². The van der Waals surface area contributed by atoms with E-state index < -0.39 is 17.5 Å². The summed E-state index contributed by atoms with van der Waals surface area (Å²) in [6.07, 6.45) is 1.95. The number of ketones is 1. The van der Waals surface area contributed by atoms with E-state index in [4.69, 9.17) is 0 Å². The smallest absolute Gasteiger partial charge is 0.299 e. The first-order valence-corrected chi connectivity index (χ1v) is 6.21. The fraction of sp³-hybridized carbons (Fsp3) is 0.429. The van der Waals surface area contributed by atoms with E-state index in [0.29, 0.717) is 6.54 Å². The molecule has 0 saturated heterocycles. The maximum atomic E-state index is 13.8. The molecule has 2 rings (SSSR count). The van der Waals surface area contributed by atoms with Crippen molar-refractivity contribution in [3.63, 3.8) is 0 Å². The molecule has 0 N–H and O–H groups in total. The third-order valence-electron chi connectivity index (χ3n) is 3.22. The number of hydrogen-bond donors (Lipinski definition) is 0. The highest BCUT2D eigenvalue weighted by Crippen LogP contribution is 2.32. The number of halogens is 1. The number of Topliss-reactive ketones (excluding diaryl/α,β-unsaturated/α-hetero) is 1. The molecule has 4 heteroatoms. The van der Waals surface area contributed by atoms with Crippen LogP contribution in [-0.4, -0.2) is 18.2 Å².